The smallest absolute Gasteiger partial charge is 0.264 e. The molecule has 0 spiro atoms. The van der Waals surface area contributed by atoms with Crippen LogP contribution in [0.2, 0.25) is 5.02 Å². The number of rotatable bonds is 11. The Morgan fingerprint density at radius 3 is 2.08 bits per heavy atom. The second-order valence-electron chi connectivity index (χ2n) is 9.25. The van der Waals surface area contributed by atoms with Crippen molar-refractivity contribution in [3.8, 4) is 0 Å². The molecule has 9 heteroatoms. The molecule has 0 saturated heterocycles. The van der Waals surface area contributed by atoms with E-state index in [1.807, 2.05) is 26.0 Å². The maximum atomic E-state index is 13.8. The zero-order chi connectivity index (χ0) is 27.9. The van der Waals surface area contributed by atoms with Crippen molar-refractivity contribution in [2.24, 2.45) is 0 Å². The summed E-state index contributed by atoms with van der Waals surface area (Å²) in [7, 11) is -4.09. The molecule has 0 unspecified atom stereocenters. The van der Waals surface area contributed by atoms with Gasteiger partial charge in [-0.15, -0.1) is 0 Å². The van der Waals surface area contributed by atoms with Crippen LogP contribution in [0.4, 0.5) is 5.69 Å². The van der Waals surface area contributed by atoms with Gasteiger partial charge in [-0.05, 0) is 61.2 Å². The van der Waals surface area contributed by atoms with Crippen LogP contribution in [0.25, 0.3) is 0 Å². The molecule has 0 heterocycles. The molecule has 0 radical (unpaired) electrons. The lowest BCUT2D eigenvalue weighted by molar-refractivity contribution is -0.139. The first kappa shape index (κ1) is 29.2. The molecule has 2 amide bonds. The number of nitrogens with zero attached hydrogens (tertiary/aromatic N) is 2. The summed E-state index contributed by atoms with van der Waals surface area (Å²) in [6, 6.07) is 21.3. The van der Waals surface area contributed by atoms with E-state index in [-0.39, 0.29) is 23.3 Å². The Hall–Kier alpha value is -3.36. The number of benzene rings is 3. The lowest BCUT2D eigenvalue weighted by Gasteiger charge is -2.32. The van der Waals surface area contributed by atoms with E-state index in [1.54, 1.807) is 68.4 Å². The number of amides is 2. The van der Waals surface area contributed by atoms with Crippen LogP contribution in [0.5, 0.6) is 0 Å². The molecule has 0 saturated carbocycles. The second kappa shape index (κ2) is 12.9. The summed E-state index contributed by atoms with van der Waals surface area (Å²) in [6.45, 7) is 7.45. The van der Waals surface area contributed by atoms with Crippen molar-refractivity contribution in [1.29, 1.82) is 0 Å². The minimum Gasteiger partial charge on any atom is -0.355 e. The summed E-state index contributed by atoms with van der Waals surface area (Å²) in [6.07, 6.45) is 0. The maximum absolute atomic E-state index is 13.8. The Balaban J connectivity index is 2.04. The molecule has 0 fully saturated rings. The molecule has 0 aliphatic heterocycles. The van der Waals surface area contributed by atoms with Gasteiger partial charge in [0.1, 0.15) is 12.6 Å². The number of carbonyl (C=O) groups is 2. The van der Waals surface area contributed by atoms with Crippen LogP contribution in [0.1, 0.15) is 44.7 Å². The zero-order valence-electron chi connectivity index (χ0n) is 22.1. The normalized spacial score (nSPS) is 12.2. The van der Waals surface area contributed by atoms with Gasteiger partial charge >= 0.3 is 0 Å². The molecular weight excluding hydrogens is 522 g/mol. The van der Waals surface area contributed by atoms with Crippen molar-refractivity contribution in [3.63, 3.8) is 0 Å². The lowest BCUT2D eigenvalue weighted by Crippen LogP contribution is -2.51. The summed E-state index contributed by atoms with van der Waals surface area (Å²) in [5.41, 5.74) is 2.05. The van der Waals surface area contributed by atoms with Crippen LogP contribution in [0.15, 0.2) is 83.8 Å². The minimum atomic E-state index is -4.09. The summed E-state index contributed by atoms with van der Waals surface area (Å²) in [4.78, 5) is 28.0. The first-order valence-corrected chi connectivity index (χ1v) is 14.4. The summed E-state index contributed by atoms with van der Waals surface area (Å²) in [5.74, 6) is -0.614. The van der Waals surface area contributed by atoms with Crippen LogP contribution >= 0.6 is 11.6 Å². The molecule has 202 valence electrons. The molecule has 3 rings (SSSR count). The van der Waals surface area contributed by atoms with Gasteiger partial charge in [0, 0.05) is 18.1 Å². The van der Waals surface area contributed by atoms with Crippen LogP contribution < -0.4 is 9.62 Å². The van der Waals surface area contributed by atoms with Crippen molar-refractivity contribution in [2.75, 3.05) is 17.4 Å². The van der Waals surface area contributed by atoms with Gasteiger partial charge in [0.05, 0.1) is 10.6 Å². The summed E-state index contributed by atoms with van der Waals surface area (Å²) < 4.78 is 28.7. The molecule has 1 atom stereocenters. The average Bonchev–Trinajstić information content (AvgIpc) is 2.91. The summed E-state index contributed by atoms with van der Waals surface area (Å²) >= 11 is 6.37. The van der Waals surface area contributed by atoms with E-state index in [2.05, 4.69) is 5.32 Å². The second-order valence-corrected chi connectivity index (χ2v) is 11.5. The van der Waals surface area contributed by atoms with Crippen LogP contribution in [-0.2, 0) is 26.2 Å². The van der Waals surface area contributed by atoms with E-state index < -0.39 is 28.5 Å². The van der Waals surface area contributed by atoms with Gasteiger partial charge in [0.2, 0.25) is 11.8 Å². The van der Waals surface area contributed by atoms with Crippen LogP contribution in [0, 0.1) is 0 Å². The van der Waals surface area contributed by atoms with Crippen LogP contribution in [-0.4, -0.2) is 44.3 Å². The monoisotopic (exact) mass is 555 g/mol. The molecule has 38 heavy (non-hydrogen) atoms. The van der Waals surface area contributed by atoms with E-state index >= 15 is 0 Å². The largest absolute Gasteiger partial charge is 0.355 e. The molecule has 0 aliphatic carbocycles. The fourth-order valence-corrected chi connectivity index (χ4v) is 5.62. The standard InChI is InChI=1S/C29H34ClN3O4S/c1-5-31-29(35)22(4)32(19-24-11-9-10-14-27(24)30)28(34)20-33(25-17-15-23(16-18-25)21(2)3)38(36,37)26-12-7-6-8-13-26/h6-18,21-22H,5,19-20H2,1-4H3,(H,31,35)/t22-/m0/s1. The SMILES string of the molecule is CCNC(=O)[C@H](C)N(Cc1ccccc1Cl)C(=O)CN(c1ccc(C(C)C)cc1)S(=O)(=O)c1ccccc1. The number of carbonyl (C=O) groups excluding carboxylic acids is 2. The molecule has 0 aliphatic rings. The predicted molar refractivity (Wildman–Crippen MR) is 152 cm³/mol. The minimum absolute atomic E-state index is 0.0440. The van der Waals surface area contributed by atoms with Gasteiger partial charge in [0.25, 0.3) is 10.0 Å². The number of likely N-dealkylation sites (N-methyl/N-ethyl adjacent to an activating group) is 1. The highest BCUT2D eigenvalue weighted by Gasteiger charge is 2.32. The Kier molecular flexibility index (Phi) is 9.94. The Labute approximate surface area is 230 Å². The third-order valence-electron chi connectivity index (χ3n) is 6.27. The molecule has 1 N–H and O–H groups in total. The first-order valence-electron chi connectivity index (χ1n) is 12.5. The zero-order valence-corrected chi connectivity index (χ0v) is 23.7. The van der Waals surface area contributed by atoms with Crippen molar-refractivity contribution in [1.82, 2.24) is 10.2 Å². The Bertz CT molecular complexity index is 1350. The highest BCUT2D eigenvalue weighted by Crippen LogP contribution is 2.27. The molecule has 3 aromatic carbocycles. The third kappa shape index (κ3) is 6.94. The van der Waals surface area contributed by atoms with Gasteiger partial charge in [-0.1, -0.05) is 74.0 Å². The number of halogens is 1. The Morgan fingerprint density at radius 2 is 1.50 bits per heavy atom. The van der Waals surface area contributed by atoms with E-state index in [0.717, 1.165) is 9.87 Å². The molecular formula is C29H34ClN3O4S. The number of nitrogens with one attached hydrogen (secondary N) is 1. The highest BCUT2D eigenvalue weighted by atomic mass is 35.5. The van der Waals surface area contributed by atoms with Gasteiger partial charge in [-0.3, -0.25) is 13.9 Å². The number of sulfonamides is 1. The van der Waals surface area contributed by atoms with Gasteiger partial charge in [-0.2, -0.15) is 0 Å². The number of anilines is 1. The predicted octanol–water partition coefficient (Wildman–Crippen LogP) is 5.21. The molecule has 7 nitrogen and oxygen atoms in total. The third-order valence-corrected chi connectivity index (χ3v) is 8.43. The molecule has 0 aromatic heterocycles. The quantitative estimate of drug-likeness (QED) is 0.352. The van der Waals surface area contributed by atoms with Gasteiger partial charge in [-0.25, -0.2) is 8.42 Å². The average molecular weight is 556 g/mol. The Morgan fingerprint density at radius 1 is 0.895 bits per heavy atom. The molecule has 0 bridgehead atoms. The maximum Gasteiger partial charge on any atom is 0.264 e. The van der Waals surface area contributed by atoms with Crippen molar-refractivity contribution in [2.45, 2.75) is 51.1 Å². The van der Waals surface area contributed by atoms with E-state index in [9.17, 15) is 18.0 Å². The van der Waals surface area contributed by atoms with E-state index in [0.29, 0.717) is 22.8 Å². The lowest BCUT2D eigenvalue weighted by atomic mass is 10.0. The van der Waals surface area contributed by atoms with E-state index in [1.165, 1.54) is 17.0 Å². The number of hydrogen-bond donors (Lipinski definition) is 1. The highest BCUT2D eigenvalue weighted by molar-refractivity contribution is 7.92. The topological polar surface area (TPSA) is 86.8 Å². The van der Waals surface area contributed by atoms with Gasteiger partial charge in [0.15, 0.2) is 0 Å². The summed E-state index contributed by atoms with van der Waals surface area (Å²) in [5, 5.41) is 3.19. The first-order chi connectivity index (χ1) is 18.1. The molecule has 3 aromatic rings. The van der Waals surface area contributed by atoms with E-state index in [4.69, 9.17) is 11.6 Å². The van der Waals surface area contributed by atoms with Crippen LogP contribution in [0.3, 0.4) is 0 Å². The number of hydrogen-bond acceptors (Lipinski definition) is 4. The fraction of sp³-hybridized carbons (Fsp3) is 0.310. The van der Waals surface area contributed by atoms with Crippen molar-refractivity contribution < 1.29 is 18.0 Å². The fourth-order valence-electron chi connectivity index (χ4n) is 3.99. The van der Waals surface area contributed by atoms with Crippen molar-refractivity contribution in [3.05, 3.63) is 95.0 Å². The van der Waals surface area contributed by atoms with Gasteiger partial charge < -0.3 is 10.2 Å². The van der Waals surface area contributed by atoms with Crippen molar-refractivity contribution >= 4 is 39.1 Å².